The molecule has 12 nitrogen and oxygen atoms in total. The van der Waals surface area contributed by atoms with Crippen LogP contribution in [-0.4, -0.2) is 101 Å². The summed E-state index contributed by atoms with van der Waals surface area (Å²) in [7, 11) is 0. The molecular weight excluding hydrogens is 743 g/mol. The van der Waals surface area contributed by atoms with E-state index in [1.165, 1.54) is 42.4 Å². The number of nitrogens with one attached hydrogen (secondary N) is 1. The largest absolute Gasteiger partial charge is 0.508 e. The van der Waals surface area contributed by atoms with Crippen molar-refractivity contribution < 1.29 is 24.2 Å². The van der Waals surface area contributed by atoms with E-state index < -0.39 is 11.9 Å². The van der Waals surface area contributed by atoms with Crippen molar-refractivity contribution in [2.75, 3.05) is 55.7 Å². The predicted molar refractivity (Wildman–Crippen MR) is 222 cm³/mol. The number of amides is 3. The SMILES string of the molecule is O=C1CC[C@H](N2Cc3c(ccc4c3OC[C@H]3CN(CC5CC6(CCN(c7cnc(C8c9ccc(O)cc9CCC8c8ccccc8)cn7)CC6)C5)CCN43)C2=O)C(=O)N1. The van der Waals surface area contributed by atoms with Gasteiger partial charge in [0.15, 0.2) is 0 Å². The molecule has 1 aromatic heterocycles. The van der Waals surface area contributed by atoms with Gasteiger partial charge in [0.05, 0.1) is 36.4 Å². The van der Waals surface area contributed by atoms with Gasteiger partial charge in [-0.05, 0) is 103 Å². The van der Waals surface area contributed by atoms with Crippen LogP contribution in [-0.2, 0) is 22.6 Å². The minimum atomic E-state index is -0.633. The molecule has 0 radical (unpaired) electrons. The molecule has 11 rings (SSSR count). The number of nitrogens with zero attached hydrogens (tertiary/aromatic N) is 6. The van der Waals surface area contributed by atoms with Crippen molar-refractivity contribution >= 4 is 29.2 Å². The number of anilines is 2. The minimum Gasteiger partial charge on any atom is -0.508 e. The number of hydrogen-bond acceptors (Lipinski definition) is 10. The second-order valence-electron chi connectivity index (χ2n) is 18.2. The lowest BCUT2D eigenvalue weighted by Gasteiger charge is -2.54. The fourth-order valence-electron chi connectivity index (χ4n) is 11.9. The number of aromatic hydroxyl groups is 1. The first kappa shape index (κ1) is 36.6. The number of hydrogen-bond donors (Lipinski definition) is 2. The number of imide groups is 1. The van der Waals surface area contributed by atoms with Gasteiger partial charge in [0.2, 0.25) is 11.8 Å². The number of carbonyl (C=O) groups excluding carboxylic acids is 3. The summed E-state index contributed by atoms with van der Waals surface area (Å²) in [4.78, 5) is 56.9. The topological polar surface area (TPSA) is 131 Å². The number of piperidine rings is 2. The molecule has 1 saturated carbocycles. The summed E-state index contributed by atoms with van der Waals surface area (Å²) in [6.07, 6.45) is 11.5. The van der Waals surface area contributed by atoms with E-state index in [1.807, 2.05) is 30.6 Å². The number of aromatic nitrogens is 2. The third-order valence-electron chi connectivity index (χ3n) is 14.8. The van der Waals surface area contributed by atoms with Crippen molar-refractivity contribution in [1.29, 1.82) is 0 Å². The van der Waals surface area contributed by atoms with Gasteiger partial charge in [-0.25, -0.2) is 4.98 Å². The molecule has 7 aliphatic rings. The van der Waals surface area contributed by atoms with Crippen molar-refractivity contribution in [2.24, 2.45) is 11.3 Å². The highest BCUT2D eigenvalue weighted by Gasteiger charge is 2.48. The maximum absolute atomic E-state index is 13.4. The summed E-state index contributed by atoms with van der Waals surface area (Å²) >= 11 is 0. The van der Waals surface area contributed by atoms with Crippen LogP contribution >= 0.6 is 0 Å². The third kappa shape index (κ3) is 6.42. The molecule has 4 atom stereocenters. The van der Waals surface area contributed by atoms with Gasteiger partial charge in [0.1, 0.15) is 30.0 Å². The second-order valence-corrected chi connectivity index (χ2v) is 18.2. The summed E-state index contributed by atoms with van der Waals surface area (Å²) in [5, 5.41) is 12.6. The number of carbonyl (C=O) groups is 3. The van der Waals surface area contributed by atoms with E-state index in [0.29, 0.717) is 48.1 Å². The average Bonchev–Trinajstić information content (AvgIpc) is 3.58. The van der Waals surface area contributed by atoms with Gasteiger partial charge >= 0.3 is 0 Å². The number of phenolic OH excluding ortho intramolecular Hbond substituents is 1. The first-order valence-corrected chi connectivity index (χ1v) is 21.7. The van der Waals surface area contributed by atoms with Crippen LogP contribution in [0.1, 0.15) is 95.1 Å². The number of benzene rings is 3. The first-order valence-electron chi connectivity index (χ1n) is 21.7. The maximum Gasteiger partial charge on any atom is 0.255 e. The Morgan fingerprint density at radius 1 is 0.881 bits per heavy atom. The molecule has 4 aromatic rings. The predicted octanol–water partition coefficient (Wildman–Crippen LogP) is 5.38. The first-order chi connectivity index (χ1) is 28.8. The summed E-state index contributed by atoms with van der Waals surface area (Å²) in [6.45, 7) is 6.94. The van der Waals surface area contributed by atoms with Crippen LogP contribution in [0.25, 0.3) is 0 Å². The summed E-state index contributed by atoms with van der Waals surface area (Å²) in [5.41, 5.74) is 7.70. The van der Waals surface area contributed by atoms with E-state index in [4.69, 9.17) is 14.7 Å². The quantitative estimate of drug-likeness (QED) is 0.246. The second kappa shape index (κ2) is 14.4. The lowest BCUT2D eigenvalue weighted by Crippen LogP contribution is -2.59. The fraction of sp³-hybridized carbons (Fsp3) is 0.468. The average molecular weight is 794 g/mol. The van der Waals surface area contributed by atoms with Gasteiger partial charge < -0.3 is 24.5 Å². The molecule has 6 heterocycles. The van der Waals surface area contributed by atoms with E-state index in [-0.39, 0.29) is 30.2 Å². The van der Waals surface area contributed by atoms with Gasteiger partial charge in [-0.2, -0.15) is 0 Å². The number of rotatable bonds is 6. The van der Waals surface area contributed by atoms with Crippen LogP contribution in [0.2, 0.25) is 0 Å². The molecule has 3 aromatic carbocycles. The Balaban J connectivity index is 0.688. The zero-order valence-electron chi connectivity index (χ0n) is 33.4. The lowest BCUT2D eigenvalue weighted by molar-refractivity contribution is -0.136. The van der Waals surface area contributed by atoms with Crippen LogP contribution in [0.15, 0.2) is 73.1 Å². The number of fused-ring (bicyclic) bond motifs is 6. The van der Waals surface area contributed by atoms with Crippen molar-refractivity contribution in [3.63, 3.8) is 0 Å². The maximum atomic E-state index is 13.4. The van der Waals surface area contributed by atoms with E-state index in [9.17, 15) is 19.5 Å². The number of aryl methyl sites for hydroxylation is 1. The molecule has 5 aliphatic heterocycles. The molecule has 12 heteroatoms. The Morgan fingerprint density at radius 3 is 2.53 bits per heavy atom. The van der Waals surface area contributed by atoms with E-state index in [1.54, 1.807) is 11.0 Å². The van der Waals surface area contributed by atoms with Gasteiger partial charge in [0.25, 0.3) is 5.91 Å². The molecule has 2 unspecified atom stereocenters. The van der Waals surface area contributed by atoms with E-state index in [2.05, 4.69) is 56.4 Å². The molecular formula is C47H51N7O5. The number of phenols is 1. The zero-order chi connectivity index (χ0) is 39.8. The molecule has 59 heavy (non-hydrogen) atoms. The molecule has 1 spiro atoms. The normalized spacial score (nSPS) is 26.4. The molecule has 2 aliphatic carbocycles. The Morgan fingerprint density at radius 2 is 1.73 bits per heavy atom. The highest BCUT2D eigenvalue weighted by molar-refractivity contribution is 6.06. The molecule has 2 N–H and O–H groups in total. The highest BCUT2D eigenvalue weighted by Crippen LogP contribution is 2.53. The Labute approximate surface area is 344 Å². The summed E-state index contributed by atoms with van der Waals surface area (Å²) in [5.74, 6) is 2.34. The highest BCUT2D eigenvalue weighted by atomic mass is 16.5. The van der Waals surface area contributed by atoms with Crippen molar-refractivity contribution in [1.82, 2.24) is 25.1 Å². The summed E-state index contributed by atoms with van der Waals surface area (Å²) < 4.78 is 6.45. The van der Waals surface area contributed by atoms with Gasteiger partial charge in [-0.1, -0.05) is 36.4 Å². The van der Waals surface area contributed by atoms with Gasteiger partial charge in [0, 0.05) is 62.7 Å². The monoisotopic (exact) mass is 793 g/mol. The van der Waals surface area contributed by atoms with E-state index in [0.717, 1.165) is 80.6 Å². The van der Waals surface area contributed by atoms with Crippen molar-refractivity contribution in [3.8, 4) is 11.5 Å². The van der Waals surface area contributed by atoms with Crippen molar-refractivity contribution in [3.05, 3.63) is 107 Å². The Hall–Kier alpha value is -5.49. The van der Waals surface area contributed by atoms with Crippen LogP contribution < -0.4 is 19.9 Å². The Kier molecular flexibility index (Phi) is 8.90. The fourth-order valence-corrected chi connectivity index (χ4v) is 11.9. The Bertz CT molecular complexity index is 2300. The van der Waals surface area contributed by atoms with Gasteiger partial charge in [-0.15, -0.1) is 0 Å². The molecule has 3 saturated heterocycles. The molecule has 304 valence electrons. The van der Waals surface area contributed by atoms with Crippen LogP contribution in [0.3, 0.4) is 0 Å². The lowest BCUT2D eigenvalue weighted by atomic mass is 9.57. The van der Waals surface area contributed by atoms with Crippen LogP contribution in [0.5, 0.6) is 11.5 Å². The smallest absolute Gasteiger partial charge is 0.255 e. The zero-order valence-corrected chi connectivity index (χ0v) is 33.4. The third-order valence-corrected chi connectivity index (χ3v) is 14.8. The van der Waals surface area contributed by atoms with Crippen molar-refractivity contribution in [2.45, 2.75) is 81.8 Å². The van der Waals surface area contributed by atoms with Crippen LogP contribution in [0, 0.1) is 11.3 Å². The number of piperazine rings is 1. The van der Waals surface area contributed by atoms with Crippen LogP contribution in [0.4, 0.5) is 11.5 Å². The van der Waals surface area contributed by atoms with E-state index >= 15 is 0 Å². The minimum absolute atomic E-state index is 0.0943. The van der Waals surface area contributed by atoms with Gasteiger partial charge in [-0.3, -0.25) is 29.6 Å². The number of ether oxygens (including phenoxy) is 1. The standard InChI is InChI=1S/C47H51N7O5/c55-33-7-9-35-31(20-33)6-8-34(30-4-2-1-3-5-30)43(35)38-23-49-41(24-48-38)52-16-14-47(15-17-52)21-29(22-47)25-51-18-19-53-32(26-51)28-59-44-37-27-54(40-12-13-42(56)50-45(40)57)46(58)36(37)10-11-39(44)53/h1-5,7,9-11,20,23-24,29,32,34,40,43,55H,6,8,12-19,21-22,25-28H2,(H,50,56,57)/t32-,34?,40+,43?/m1/s1. The molecule has 3 amide bonds. The molecule has 0 bridgehead atoms. The summed E-state index contributed by atoms with van der Waals surface area (Å²) in [6, 6.07) is 20.1. The molecule has 4 fully saturated rings.